The first-order valence-corrected chi connectivity index (χ1v) is 11.0. The van der Waals surface area contributed by atoms with Crippen LogP contribution in [0.1, 0.15) is 13.3 Å². The Balaban J connectivity index is 1.51. The number of halogens is 3. The van der Waals surface area contributed by atoms with Crippen LogP contribution in [0.2, 0.25) is 0 Å². The molecule has 0 aliphatic carbocycles. The van der Waals surface area contributed by atoms with E-state index in [-0.39, 0.29) is 29.4 Å². The van der Waals surface area contributed by atoms with Crippen LogP contribution in [0.3, 0.4) is 0 Å². The van der Waals surface area contributed by atoms with Gasteiger partial charge in [0.05, 0.1) is 24.0 Å². The zero-order valence-electron chi connectivity index (χ0n) is 19.8. The Hall–Kier alpha value is -3.57. The third kappa shape index (κ3) is 6.74. The van der Waals surface area contributed by atoms with Crippen molar-refractivity contribution in [3.63, 3.8) is 0 Å². The van der Waals surface area contributed by atoms with Crippen molar-refractivity contribution in [3.8, 4) is 11.6 Å². The van der Waals surface area contributed by atoms with Gasteiger partial charge in [-0.3, -0.25) is 9.59 Å². The summed E-state index contributed by atoms with van der Waals surface area (Å²) in [6, 6.07) is 2.65. The molecule has 1 atom stereocenters. The van der Waals surface area contributed by atoms with Crippen molar-refractivity contribution >= 4 is 18.0 Å². The lowest BCUT2D eigenvalue weighted by atomic mass is 9.99. The Morgan fingerprint density at radius 1 is 1.34 bits per heavy atom. The van der Waals surface area contributed by atoms with Gasteiger partial charge in [0.15, 0.2) is 12.7 Å². The molecule has 2 amide bonds. The molecule has 0 radical (unpaired) electrons. The van der Waals surface area contributed by atoms with Gasteiger partial charge in [0.25, 0.3) is 5.91 Å². The van der Waals surface area contributed by atoms with E-state index in [2.05, 4.69) is 21.3 Å². The number of hydrogen-bond acceptors (Lipinski definition) is 7. The number of carbonyl (C=O) groups excluding carboxylic acids is 2. The lowest BCUT2D eigenvalue weighted by Crippen LogP contribution is -2.52. The second-order valence-electron chi connectivity index (χ2n) is 8.34. The SMILES string of the molecule is C=C(/N=C\C(=C/C)N1CC[C@@H](Oc2ccc(OCC(F)(F)F)nc2)C1=O)N1CC(C(=O)N(C)C)C1. The van der Waals surface area contributed by atoms with Crippen molar-refractivity contribution < 1.29 is 32.2 Å². The molecule has 2 saturated heterocycles. The van der Waals surface area contributed by atoms with Crippen molar-refractivity contribution in [3.05, 3.63) is 42.5 Å². The van der Waals surface area contributed by atoms with Gasteiger partial charge in [-0.2, -0.15) is 13.2 Å². The molecule has 0 N–H and O–H groups in total. The van der Waals surface area contributed by atoms with Gasteiger partial charge < -0.3 is 24.2 Å². The quantitative estimate of drug-likeness (QED) is 0.490. The number of likely N-dealkylation sites (tertiary alicyclic amines) is 2. The summed E-state index contributed by atoms with van der Waals surface area (Å²) in [5.41, 5.74) is 0.581. The van der Waals surface area contributed by atoms with Crippen LogP contribution in [-0.2, 0) is 9.59 Å². The molecule has 2 fully saturated rings. The van der Waals surface area contributed by atoms with Crippen LogP contribution in [0, 0.1) is 5.92 Å². The number of allylic oxidation sites excluding steroid dienone is 2. The highest BCUT2D eigenvalue weighted by Crippen LogP contribution is 2.25. The van der Waals surface area contributed by atoms with E-state index >= 15 is 0 Å². The Morgan fingerprint density at radius 3 is 2.63 bits per heavy atom. The van der Waals surface area contributed by atoms with Crippen LogP contribution in [0.4, 0.5) is 13.2 Å². The number of pyridine rings is 1. The van der Waals surface area contributed by atoms with Crippen molar-refractivity contribution in [1.82, 2.24) is 19.7 Å². The second-order valence-corrected chi connectivity index (χ2v) is 8.34. The summed E-state index contributed by atoms with van der Waals surface area (Å²) in [6.07, 6.45) is -0.293. The number of ether oxygens (including phenoxy) is 2. The van der Waals surface area contributed by atoms with Gasteiger partial charge in [0, 0.05) is 46.2 Å². The van der Waals surface area contributed by atoms with E-state index in [4.69, 9.17) is 4.74 Å². The summed E-state index contributed by atoms with van der Waals surface area (Å²) in [7, 11) is 3.44. The highest BCUT2D eigenvalue weighted by atomic mass is 19.4. The van der Waals surface area contributed by atoms with Gasteiger partial charge in [0.1, 0.15) is 11.6 Å². The molecule has 0 aromatic carbocycles. The first-order valence-electron chi connectivity index (χ1n) is 11.0. The first-order chi connectivity index (χ1) is 16.5. The molecule has 1 aromatic heterocycles. The number of hydrogen-bond donors (Lipinski definition) is 0. The van der Waals surface area contributed by atoms with E-state index < -0.39 is 18.9 Å². The molecule has 0 bridgehead atoms. The van der Waals surface area contributed by atoms with E-state index in [9.17, 15) is 22.8 Å². The van der Waals surface area contributed by atoms with E-state index in [0.717, 1.165) is 0 Å². The van der Waals surface area contributed by atoms with Crippen LogP contribution in [0.15, 0.2) is 47.5 Å². The first kappa shape index (κ1) is 26.0. The molecule has 1 aromatic rings. The highest BCUT2D eigenvalue weighted by Gasteiger charge is 2.36. The van der Waals surface area contributed by atoms with E-state index in [1.165, 1.54) is 18.3 Å². The Morgan fingerprint density at radius 2 is 2.06 bits per heavy atom. The molecule has 3 heterocycles. The largest absolute Gasteiger partial charge is 0.479 e. The number of aliphatic imine (C=N–C) groups is 1. The van der Waals surface area contributed by atoms with Crippen LogP contribution < -0.4 is 9.47 Å². The summed E-state index contributed by atoms with van der Waals surface area (Å²) >= 11 is 0. The van der Waals surface area contributed by atoms with Gasteiger partial charge in [0.2, 0.25) is 11.8 Å². The maximum atomic E-state index is 12.9. The highest BCUT2D eigenvalue weighted by molar-refractivity contribution is 5.92. The van der Waals surface area contributed by atoms with E-state index in [1.807, 2.05) is 4.90 Å². The summed E-state index contributed by atoms with van der Waals surface area (Å²) in [5, 5.41) is 0. The molecule has 35 heavy (non-hydrogen) atoms. The monoisotopic (exact) mass is 495 g/mol. The average molecular weight is 496 g/mol. The minimum Gasteiger partial charge on any atom is -0.479 e. The van der Waals surface area contributed by atoms with E-state index in [1.54, 1.807) is 43.1 Å². The normalized spacial score (nSPS) is 19.2. The van der Waals surface area contributed by atoms with Crippen molar-refractivity contribution in [2.45, 2.75) is 25.6 Å². The molecule has 0 saturated carbocycles. The molecule has 2 aliphatic heterocycles. The van der Waals surface area contributed by atoms with Gasteiger partial charge in [-0.05, 0) is 13.0 Å². The number of aromatic nitrogens is 1. The number of nitrogens with zero attached hydrogens (tertiary/aromatic N) is 5. The molecular weight excluding hydrogens is 467 g/mol. The van der Waals surface area contributed by atoms with Crippen LogP contribution in [0.5, 0.6) is 11.6 Å². The lowest BCUT2D eigenvalue weighted by Gasteiger charge is -2.40. The molecule has 9 nitrogen and oxygen atoms in total. The van der Waals surface area contributed by atoms with Crippen molar-refractivity contribution in [2.24, 2.45) is 10.9 Å². The molecule has 190 valence electrons. The third-order valence-electron chi connectivity index (χ3n) is 5.52. The van der Waals surface area contributed by atoms with Crippen LogP contribution >= 0.6 is 0 Å². The average Bonchev–Trinajstić information content (AvgIpc) is 3.12. The minimum absolute atomic E-state index is 0.0690. The smallest absolute Gasteiger partial charge is 0.422 e. The molecule has 3 rings (SSSR count). The predicted molar refractivity (Wildman–Crippen MR) is 122 cm³/mol. The topological polar surface area (TPSA) is 87.6 Å². The fourth-order valence-corrected chi connectivity index (χ4v) is 3.59. The fraction of sp³-hybridized carbons (Fsp3) is 0.478. The van der Waals surface area contributed by atoms with E-state index in [0.29, 0.717) is 37.6 Å². The third-order valence-corrected chi connectivity index (χ3v) is 5.52. The molecule has 12 heteroatoms. The molecule has 0 unspecified atom stereocenters. The fourth-order valence-electron chi connectivity index (χ4n) is 3.59. The van der Waals surface area contributed by atoms with Crippen LogP contribution in [0.25, 0.3) is 0 Å². The standard InChI is InChI=1S/C23H28F3N5O4/c1-5-17(10-27-15(2)30-12-16(13-30)21(32)29(3)4)31-9-8-19(22(31)33)35-18-6-7-20(28-11-18)34-14-23(24,25)26/h5-7,10-11,16,19H,2,8-9,12-14H2,1,3-4H3/b17-5+,27-10-/t19-/m1/s1. The number of carbonyl (C=O) groups is 2. The van der Waals surface area contributed by atoms with Crippen molar-refractivity contribution in [2.75, 3.05) is 40.3 Å². The summed E-state index contributed by atoms with van der Waals surface area (Å²) in [4.78, 5) is 38.0. The molecule has 2 aliphatic rings. The summed E-state index contributed by atoms with van der Waals surface area (Å²) < 4.78 is 47.0. The van der Waals surface area contributed by atoms with Crippen molar-refractivity contribution in [1.29, 1.82) is 0 Å². The maximum Gasteiger partial charge on any atom is 0.422 e. The number of alkyl halides is 3. The lowest BCUT2D eigenvalue weighted by molar-refractivity contribution is -0.154. The van der Waals surface area contributed by atoms with Gasteiger partial charge in [-0.15, -0.1) is 0 Å². The second kappa shape index (κ2) is 10.8. The molecular formula is C23H28F3N5O4. The summed E-state index contributed by atoms with van der Waals surface area (Å²) in [6.45, 7) is 5.78. The Bertz CT molecular complexity index is 1000. The Kier molecular flexibility index (Phi) is 8.03. The maximum absolute atomic E-state index is 12.9. The predicted octanol–water partition coefficient (Wildman–Crippen LogP) is 2.47. The van der Waals surface area contributed by atoms with Crippen LogP contribution in [-0.4, -0.2) is 90.3 Å². The zero-order chi connectivity index (χ0) is 25.8. The number of amides is 2. The van der Waals surface area contributed by atoms with Gasteiger partial charge in [-0.25, -0.2) is 9.98 Å². The summed E-state index contributed by atoms with van der Waals surface area (Å²) in [5.74, 6) is 0.281. The molecule has 0 spiro atoms. The Labute approximate surface area is 201 Å². The zero-order valence-corrected chi connectivity index (χ0v) is 19.8. The van der Waals surface area contributed by atoms with Gasteiger partial charge in [-0.1, -0.05) is 12.7 Å². The number of rotatable bonds is 9. The minimum atomic E-state index is -4.46. The van der Waals surface area contributed by atoms with Gasteiger partial charge >= 0.3 is 6.18 Å².